The molecular weight excluding hydrogens is 258 g/mol. The number of fused-ring (bicyclic) bond motifs is 1. The van der Waals surface area contributed by atoms with E-state index in [2.05, 4.69) is 29.1 Å². The summed E-state index contributed by atoms with van der Waals surface area (Å²) >= 11 is 1.57. The molecule has 3 rings (SSSR count). The minimum Gasteiger partial charge on any atom is -0.322 e. The van der Waals surface area contributed by atoms with Gasteiger partial charge in [0.2, 0.25) is 4.96 Å². The maximum atomic E-state index is 6.18. The van der Waals surface area contributed by atoms with E-state index in [4.69, 9.17) is 5.73 Å². The first-order valence-corrected chi connectivity index (χ1v) is 7.96. The standard InChI is InChI=1S/C13H21N5S/c1-8(2)10(14)12-17-18-11(15-16-13(18)19-12)9-6-4-3-5-7-9/h8-10H,3-7,14H2,1-2H3. The van der Waals surface area contributed by atoms with E-state index in [-0.39, 0.29) is 6.04 Å². The van der Waals surface area contributed by atoms with Crippen molar-refractivity contribution in [3.63, 3.8) is 0 Å². The van der Waals surface area contributed by atoms with Gasteiger partial charge in [-0.3, -0.25) is 0 Å². The quantitative estimate of drug-likeness (QED) is 0.938. The third-order valence-electron chi connectivity index (χ3n) is 4.00. The van der Waals surface area contributed by atoms with Crippen LogP contribution >= 0.6 is 11.3 Å². The van der Waals surface area contributed by atoms with Crippen LogP contribution in [0.1, 0.15) is 68.7 Å². The van der Waals surface area contributed by atoms with Gasteiger partial charge in [-0.25, -0.2) is 0 Å². The second-order valence-electron chi connectivity index (χ2n) is 5.80. The monoisotopic (exact) mass is 279 g/mol. The Labute approximate surface area is 117 Å². The Kier molecular flexibility index (Phi) is 3.54. The molecule has 2 aromatic rings. The lowest BCUT2D eigenvalue weighted by atomic mass is 9.89. The predicted octanol–water partition coefficient (Wildman–Crippen LogP) is 2.89. The number of aromatic nitrogens is 4. The SMILES string of the molecule is CC(C)C(N)c1nn2c(C3CCCCC3)nnc2s1. The predicted molar refractivity (Wildman–Crippen MR) is 76.3 cm³/mol. The molecule has 5 nitrogen and oxygen atoms in total. The van der Waals surface area contributed by atoms with E-state index in [0.717, 1.165) is 15.8 Å². The lowest BCUT2D eigenvalue weighted by Crippen LogP contribution is -2.17. The van der Waals surface area contributed by atoms with Gasteiger partial charge in [0.25, 0.3) is 0 Å². The van der Waals surface area contributed by atoms with Crippen molar-refractivity contribution in [2.75, 3.05) is 0 Å². The van der Waals surface area contributed by atoms with Gasteiger partial charge in [0.05, 0.1) is 6.04 Å². The van der Waals surface area contributed by atoms with Gasteiger partial charge in [0.15, 0.2) is 5.82 Å². The van der Waals surface area contributed by atoms with Gasteiger partial charge in [-0.15, -0.1) is 10.2 Å². The Morgan fingerprint density at radius 1 is 1.21 bits per heavy atom. The molecule has 1 aliphatic rings. The highest BCUT2D eigenvalue weighted by Gasteiger charge is 2.24. The van der Waals surface area contributed by atoms with E-state index in [1.165, 1.54) is 32.1 Å². The highest BCUT2D eigenvalue weighted by Crippen LogP contribution is 2.33. The average molecular weight is 279 g/mol. The van der Waals surface area contributed by atoms with Crippen molar-refractivity contribution in [1.29, 1.82) is 0 Å². The summed E-state index contributed by atoms with van der Waals surface area (Å²) in [6.45, 7) is 4.24. The molecular formula is C13H21N5S. The normalized spacial score (nSPS) is 19.4. The van der Waals surface area contributed by atoms with E-state index < -0.39 is 0 Å². The fourth-order valence-electron chi connectivity index (χ4n) is 2.68. The highest BCUT2D eigenvalue weighted by molar-refractivity contribution is 7.16. The number of hydrogen-bond donors (Lipinski definition) is 1. The van der Waals surface area contributed by atoms with Gasteiger partial charge in [0.1, 0.15) is 5.01 Å². The molecule has 1 aliphatic carbocycles. The molecule has 1 fully saturated rings. The summed E-state index contributed by atoms with van der Waals surface area (Å²) < 4.78 is 1.93. The maximum absolute atomic E-state index is 6.18. The lowest BCUT2D eigenvalue weighted by Gasteiger charge is -2.18. The summed E-state index contributed by atoms with van der Waals surface area (Å²) in [5.41, 5.74) is 6.18. The van der Waals surface area contributed by atoms with Gasteiger partial charge < -0.3 is 5.73 Å². The van der Waals surface area contributed by atoms with Crippen molar-refractivity contribution < 1.29 is 0 Å². The molecule has 104 valence electrons. The molecule has 2 N–H and O–H groups in total. The van der Waals surface area contributed by atoms with Crippen LogP contribution in [0, 0.1) is 5.92 Å². The summed E-state index contributed by atoms with van der Waals surface area (Å²) in [5.74, 6) is 1.95. The van der Waals surface area contributed by atoms with Gasteiger partial charge in [-0.05, 0) is 18.8 Å². The molecule has 0 saturated heterocycles. The van der Waals surface area contributed by atoms with Crippen LogP contribution < -0.4 is 5.73 Å². The van der Waals surface area contributed by atoms with Crippen molar-refractivity contribution in [3.05, 3.63) is 10.8 Å². The Morgan fingerprint density at radius 2 is 1.95 bits per heavy atom. The molecule has 19 heavy (non-hydrogen) atoms. The second-order valence-corrected chi connectivity index (χ2v) is 6.79. The maximum Gasteiger partial charge on any atom is 0.234 e. The van der Waals surface area contributed by atoms with Crippen molar-refractivity contribution in [2.24, 2.45) is 11.7 Å². The van der Waals surface area contributed by atoms with Crippen LogP contribution in [0.4, 0.5) is 0 Å². The first-order valence-electron chi connectivity index (χ1n) is 7.14. The minimum absolute atomic E-state index is 0.00842. The second kappa shape index (κ2) is 5.17. The smallest absolute Gasteiger partial charge is 0.234 e. The summed E-state index contributed by atoms with van der Waals surface area (Å²) in [5, 5.41) is 14.2. The number of hydrogen-bond acceptors (Lipinski definition) is 5. The van der Waals surface area contributed by atoms with Crippen LogP contribution in [-0.2, 0) is 0 Å². The van der Waals surface area contributed by atoms with Crippen LogP contribution in [0.25, 0.3) is 4.96 Å². The van der Waals surface area contributed by atoms with Gasteiger partial charge >= 0.3 is 0 Å². The first-order chi connectivity index (χ1) is 9.16. The Hall–Kier alpha value is -1.01. The van der Waals surface area contributed by atoms with Crippen LogP contribution in [0.2, 0.25) is 0 Å². The highest BCUT2D eigenvalue weighted by atomic mass is 32.1. The Balaban J connectivity index is 1.93. The van der Waals surface area contributed by atoms with Crippen molar-refractivity contribution in [3.8, 4) is 0 Å². The number of nitrogens with zero attached hydrogens (tertiary/aromatic N) is 4. The van der Waals surface area contributed by atoms with E-state index in [9.17, 15) is 0 Å². The van der Waals surface area contributed by atoms with E-state index in [1.807, 2.05) is 4.52 Å². The summed E-state index contributed by atoms with van der Waals surface area (Å²) in [7, 11) is 0. The first kappa shape index (κ1) is 13.0. The zero-order valence-electron chi connectivity index (χ0n) is 11.5. The molecule has 6 heteroatoms. The molecule has 1 atom stereocenters. The van der Waals surface area contributed by atoms with E-state index >= 15 is 0 Å². The molecule has 0 aromatic carbocycles. The molecule has 0 amide bonds. The van der Waals surface area contributed by atoms with Gasteiger partial charge in [-0.2, -0.15) is 9.61 Å². The molecule has 0 spiro atoms. The molecule has 2 aromatic heterocycles. The van der Waals surface area contributed by atoms with Crippen molar-refractivity contribution in [2.45, 2.75) is 57.9 Å². The molecule has 2 heterocycles. The molecule has 1 unspecified atom stereocenters. The number of rotatable bonds is 3. The zero-order valence-corrected chi connectivity index (χ0v) is 12.4. The van der Waals surface area contributed by atoms with Gasteiger partial charge in [0, 0.05) is 5.92 Å². The van der Waals surface area contributed by atoms with E-state index in [1.54, 1.807) is 11.3 Å². The third-order valence-corrected chi connectivity index (χ3v) is 5.00. The van der Waals surface area contributed by atoms with Crippen molar-refractivity contribution in [1.82, 2.24) is 19.8 Å². The van der Waals surface area contributed by atoms with Crippen LogP contribution in [-0.4, -0.2) is 19.8 Å². The Morgan fingerprint density at radius 3 is 2.63 bits per heavy atom. The molecule has 0 aliphatic heterocycles. The molecule has 0 bridgehead atoms. The molecule has 0 radical (unpaired) electrons. The molecule has 1 saturated carbocycles. The zero-order chi connectivity index (χ0) is 13.4. The average Bonchev–Trinajstić information content (AvgIpc) is 2.98. The summed E-state index contributed by atoms with van der Waals surface area (Å²) in [4.78, 5) is 0.881. The minimum atomic E-state index is -0.00842. The topological polar surface area (TPSA) is 69.1 Å². The fraction of sp³-hybridized carbons (Fsp3) is 0.769. The largest absolute Gasteiger partial charge is 0.322 e. The van der Waals surface area contributed by atoms with Crippen LogP contribution in [0.15, 0.2) is 0 Å². The van der Waals surface area contributed by atoms with Crippen LogP contribution in [0.5, 0.6) is 0 Å². The summed E-state index contributed by atoms with van der Waals surface area (Å²) in [6, 6.07) is -0.00842. The van der Waals surface area contributed by atoms with Crippen LogP contribution in [0.3, 0.4) is 0 Å². The lowest BCUT2D eigenvalue weighted by molar-refractivity contribution is 0.421. The third kappa shape index (κ3) is 2.39. The summed E-state index contributed by atoms with van der Waals surface area (Å²) in [6.07, 6.45) is 6.36. The fourth-order valence-corrected chi connectivity index (χ4v) is 3.70. The van der Waals surface area contributed by atoms with Crippen molar-refractivity contribution >= 4 is 16.3 Å². The Bertz CT molecular complexity index is 552. The van der Waals surface area contributed by atoms with E-state index in [0.29, 0.717) is 11.8 Å². The van der Waals surface area contributed by atoms with Gasteiger partial charge in [-0.1, -0.05) is 44.4 Å². The number of nitrogens with two attached hydrogens (primary N) is 1.